The van der Waals surface area contributed by atoms with E-state index in [1.54, 1.807) is 24.3 Å². The highest BCUT2D eigenvalue weighted by Gasteiger charge is 2.39. The van der Waals surface area contributed by atoms with Gasteiger partial charge in [-0.15, -0.1) is 0 Å². The van der Waals surface area contributed by atoms with Crippen molar-refractivity contribution >= 4 is 25.8 Å². The van der Waals surface area contributed by atoms with Crippen molar-refractivity contribution in [3.05, 3.63) is 118 Å². The Morgan fingerprint density at radius 3 is 1.78 bits per heavy atom. The van der Waals surface area contributed by atoms with Crippen LogP contribution in [0.2, 0.25) is 18.1 Å². The molecular formula is C57H70N8O8Si. The van der Waals surface area contributed by atoms with E-state index < -0.39 is 13.9 Å². The molecule has 1 amide bonds. The Morgan fingerprint density at radius 2 is 1.30 bits per heavy atom. The van der Waals surface area contributed by atoms with Crippen molar-refractivity contribution < 1.29 is 37.6 Å². The number of nitrogens with one attached hydrogen (secondary N) is 1. The number of carbonyl (C=O) groups is 1. The molecule has 0 fully saturated rings. The summed E-state index contributed by atoms with van der Waals surface area (Å²) in [6.45, 7) is 41.0. The molecule has 0 unspecified atom stereocenters. The van der Waals surface area contributed by atoms with E-state index in [4.69, 9.17) is 50.9 Å². The molecule has 2 heterocycles. The molecule has 0 radical (unpaired) electrons. The topological polar surface area (TPSA) is 176 Å². The molecule has 390 valence electrons. The number of ether oxygens (including phenoxy) is 3. The predicted molar refractivity (Wildman–Crippen MR) is 288 cm³/mol. The van der Waals surface area contributed by atoms with Crippen LogP contribution >= 0.6 is 0 Å². The summed E-state index contributed by atoms with van der Waals surface area (Å²) >= 11 is 0. The maximum absolute atomic E-state index is 13.5. The van der Waals surface area contributed by atoms with Gasteiger partial charge < -0.3 is 38.1 Å². The summed E-state index contributed by atoms with van der Waals surface area (Å²) in [4.78, 5) is 31.9. The summed E-state index contributed by atoms with van der Waals surface area (Å²) in [7, 11) is -1.99. The lowest BCUT2D eigenvalue weighted by Crippen LogP contribution is -2.45. The van der Waals surface area contributed by atoms with Crippen LogP contribution in [0.25, 0.3) is 55.4 Å². The molecule has 0 saturated carbocycles. The van der Waals surface area contributed by atoms with Crippen LogP contribution in [0.15, 0.2) is 81.8 Å². The van der Waals surface area contributed by atoms with Crippen LogP contribution in [0.5, 0.6) is 11.5 Å². The second-order valence-corrected chi connectivity index (χ2v) is 26.4. The van der Waals surface area contributed by atoms with Gasteiger partial charge in [0.2, 0.25) is 23.0 Å². The van der Waals surface area contributed by atoms with E-state index in [1.807, 2.05) is 89.8 Å². The van der Waals surface area contributed by atoms with Gasteiger partial charge in [-0.2, -0.15) is 9.97 Å². The van der Waals surface area contributed by atoms with E-state index in [2.05, 4.69) is 76.3 Å². The lowest BCUT2D eigenvalue weighted by molar-refractivity contribution is 0.0125. The molecule has 2 aliphatic rings. The van der Waals surface area contributed by atoms with Gasteiger partial charge >= 0.3 is 6.09 Å². The molecule has 0 spiro atoms. The first kappa shape index (κ1) is 54.9. The van der Waals surface area contributed by atoms with Gasteiger partial charge in [-0.1, -0.05) is 67.5 Å². The molecular weight excluding hydrogens is 953 g/mol. The molecule has 0 saturated heterocycles. The molecule has 0 bridgehead atoms. The zero-order chi connectivity index (χ0) is 53.5. The monoisotopic (exact) mass is 1020 g/mol. The number of amides is 1. The van der Waals surface area contributed by atoms with Crippen molar-refractivity contribution in [3.8, 4) is 57.2 Å². The Bertz CT molecular complexity index is 3010. The molecule has 2 N–H and O–H groups in total. The average Bonchev–Trinajstić information content (AvgIpc) is 4.19. The van der Waals surface area contributed by atoms with Crippen LogP contribution in [0.4, 0.5) is 16.2 Å². The van der Waals surface area contributed by atoms with Crippen LogP contribution in [0, 0.1) is 13.1 Å². The van der Waals surface area contributed by atoms with E-state index in [1.165, 1.54) is 11.1 Å². The van der Waals surface area contributed by atoms with Crippen molar-refractivity contribution in [1.82, 2.24) is 30.5 Å². The summed E-state index contributed by atoms with van der Waals surface area (Å²) in [6.07, 6.45) is 3.00. The number of aliphatic hydroxyl groups is 1. The fourth-order valence-electron chi connectivity index (χ4n) is 8.87. The summed E-state index contributed by atoms with van der Waals surface area (Å²) in [5.41, 5.74) is 7.92. The van der Waals surface area contributed by atoms with E-state index >= 15 is 0 Å². The Labute approximate surface area is 436 Å². The van der Waals surface area contributed by atoms with Gasteiger partial charge in [0.15, 0.2) is 8.32 Å². The maximum atomic E-state index is 13.5. The molecule has 2 aromatic heterocycles. The van der Waals surface area contributed by atoms with Gasteiger partial charge in [0, 0.05) is 41.4 Å². The third-order valence-electron chi connectivity index (χ3n) is 13.3. The summed E-state index contributed by atoms with van der Waals surface area (Å²) in [5, 5.41) is 21.0. The fraction of sp³-hybridized carbons (Fsp3) is 0.456. The zero-order valence-electron chi connectivity index (χ0n) is 44.8. The number of carbonyl (C=O) groups excluding carboxylic acids is 1. The van der Waals surface area contributed by atoms with Gasteiger partial charge in [-0.3, -0.25) is 4.90 Å². The SMILES string of the molecule is [C-]#[N+]c1cc(-c2nc(-c3cccc4c3CC[C@@H]4N(CCO[Si](C)(C)C(C)(C)C)C(=O)OC(C)(C)C)no2)ccc1OC(C)C.[C-]#[N+]c1cc(-c2nc(-c3cccc4c3CC[C@@H]4NCCO)no2)ccc1OC(C)C. The first-order chi connectivity index (χ1) is 35.1. The molecule has 16 nitrogen and oxygen atoms in total. The molecule has 2 atom stereocenters. The summed E-state index contributed by atoms with van der Waals surface area (Å²) < 4.78 is 35.0. The van der Waals surface area contributed by atoms with E-state index in [0.29, 0.717) is 77.1 Å². The molecule has 74 heavy (non-hydrogen) atoms. The van der Waals surface area contributed by atoms with Crippen molar-refractivity contribution in [2.75, 3.05) is 26.3 Å². The third-order valence-corrected chi connectivity index (χ3v) is 17.9. The lowest BCUT2D eigenvalue weighted by atomic mass is 10.0. The smallest absolute Gasteiger partial charge is 0.410 e. The number of nitrogens with zero attached hydrogens (tertiary/aromatic N) is 7. The Balaban J connectivity index is 0.000000232. The van der Waals surface area contributed by atoms with Crippen LogP contribution in [-0.2, 0) is 22.0 Å². The van der Waals surface area contributed by atoms with E-state index in [9.17, 15) is 4.79 Å². The highest BCUT2D eigenvalue weighted by molar-refractivity contribution is 6.74. The van der Waals surface area contributed by atoms with Crippen molar-refractivity contribution in [1.29, 1.82) is 0 Å². The fourth-order valence-corrected chi connectivity index (χ4v) is 9.91. The molecule has 2 aliphatic carbocycles. The minimum atomic E-state index is -1.99. The van der Waals surface area contributed by atoms with E-state index in [-0.39, 0.29) is 42.0 Å². The lowest BCUT2D eigenvalue weighted by Gasteiger charge is -2.38. The molecule has 4 aromatic carbocycles. The van der Waals surface area contributed by atoms with Crippen molar-refractivity contribution in [2.45, 2.75) is 143 Å². The first-order valence-corrected chi connectivity index (χ1v) is 28.3. The Hall–Kier alpha value is -6.89. The number of hydrogen-bond acceptors (Lipinski definition) is 13. The standard InChI is InChI=1S/C34H46N4O5Si.C23H24N4O3/c1-22(2)41-29-18-15-23(21-27(29)35-9)31-36-30(37-43-31)26-14-12-13-25-24(26)16-17-28(25)38(32(39)42-33(3,4)5)19-20-40-44(10,11)34(6,7)8;1-14(2)29-21-10-7-15(13-20(21)24-3)23-26-22(27-30-23)18-6-4-5-17-16(18)8-9-19(17)25-11-12-28/h12-15,18,21-22,28H,16-17,19-20H2,1-8,10-11H3;4-7,10,13-14,19,25,28H,8-9,11-12H2,1-2H3/t28-;19-/m00/s1. The number of aliphatic hydroxyl groups excluding tert-OH is 1. The number of rotatable bonds is 16. The normalized spacial score (nSPS) is 15.2. The third kappa shape index (κ3) is 12.9. The minimum Gasteiger partial charge on any atom is -0.502 e. The van der Waals surface area contributed by atoms with Crippen LogP contribution in [0.1, 0.15) is 116 Å². The molecule has 8 rings (SSSR count). The average molecular weight is 1020 g/mol. The van der Waals surface area contributed by atoms with Crippen molar-refractivity contribution in [3.63, 3.8) is 0 Å². The van der Waals surface area contributed by atoms with Gasteiger partial charge in [0.1, 0.15) is 17.1 Å². The predicted octanol–water partition coefficient (Wildman–Crippen LogP) is 13.3. The second-order valence-electron chi connectivity index (χ2n) is 21.6. The highest BCUT2D eigenvalue weighted by atomic mass is 28.4. The van der Waals surface area contributed by atoms with Gasteiger partial charge in [0.25, 0.3) is 11.8 Å². The summed E-state index contributed by atoms with van der Waals surface area (Å²) in [5.74, 6) is 2.77. The number of fused-ring (bicyclic) bond motifs is 2. The van der Waals surface area contributed by atoms with Crippen molar-refractivity contribution in [2.24, 2.45) is 0 Å². The Morgan fingerprint density at radius 1 is 0.784 bits per heavy atom. The second kappa shape index (κ2) is 23.1. The van der Waals surface area contributed by atoms with Crippen LogP contribution in [-0.4, -0.2) is 88.8 Å². The maximum Gasteiger partial charge on any atom is 0.410 e. The highest BCUT2D eigenvalue weighted by Crippen LogP contribution is 2.43. The number of aromatic nitrogens is 4. The summed E-state index contributed by atoms with van der Waals surface area (Å²) in [6, 6.07) is 22.8. The van der Waals surface area contributed by atoms with Crippen LogP contribution < -0.4 is 14.8 Å². The van der Waals surface area contributed by atoms with Crippen LogP contribution in [0.3, 0.4) is 0 Å². The minimum absolute atomic E-state index is 0.0118. The number of hydrogen-bond donors (Lipinski definition) is 2. The number of benzene rings is 4. The van der Waals surface area contributed by atoms with E-state index in [0.717, 1.165) is 47.9 Å². The van der Waals surface area contributed by atoms with Gasteiger partial charge in [0.05, 0.1) is 44.6 Å². The molecule has 0 aliphatic heterocycles. The first-order valence-electron chi connectivity index (χ1n) is 25.4. The zero-order valence-corrected chi connectivity index (χ0v) is 45.8. The molecule has 6 aromatic rings. The van der Waals surface area contributed by atoms with Gasteiger partial charge in [-0.05, 0) is 151 Å². The Kier molecular flexibility index (Phi) is 17.1. The quantitative estimate of drug-likeness (QED) is 0.0692. The largest absolute Gasteiger partial charge is 0.502 e. The van der Waals surface area contributed by atoms with Gasteiger partial charge in [-0.25, -0.2) is 14.5 Å². The molecule has 17 heteroatoms.